The van der Waals surface area contributed by atoms with Crippen LogP contribution in [0, 0.1) is 29.4 Å². The van der Waals surface area contributed by atoms with Gasteiger partial charge in [-0.2, -0.15) is 4.39 Å². The molecule has 0 spiro atoms. The van der Waals surface area contributed by atoms with Gasteiger partial charge in [0.25, 0.3) is 0 Å². The summed E-state index contributed by atoms with van der Waals surface area (Å²) in [4.78, 5) is 0. The lowest BCUT2D eigenvalue weighted by atomic mass is 9.70. The van der Waals surface area contributed by atoms with Crippen LogP contribution in [0.25, 0.3) is 27.5 Å². The van der Waals surface area contributed by atoms with Crippen LogP contribution in [0.1, 0.15) is 70.3 Å². The molecule has 1 aromatic heterocycles. The number of rotatable bonds is 5. The summed E-state index contributed by atoms with van der Waals surface area (Å²) in [5, 5.41) is 0.519. The first-order valence-electron chi connectivity index (χ1n) is 12.5. The predicted molar refractivity (Wildman–Crippen MR) is 126 cm³/mol. The van der Waals surface area contributed by atoms with Gasteiger partial charge in [-0.1, -0.05) is 44.7 Å². The second-order valence-corrected chi connectivity index (χ2v) is 10.0. The molecule has 0 bridgehead atoms. The number of allylic oxidation sites excluding steroid dienone is 2. The highest BCUT2D eigenvalue weighted by Gasteiger charge is 2.34. The van der Waals surface area contributed by atoms with E-state index in [2.05, 4.69) is 17.7 Å². The van der Waals surface area contributed by atoms with Crippen LogP contribution in [0.4, 0.5) is 22.0 Å². The van der Waals surface area contributed by atoms with E-state index < -0.39 is 29.3 Å². The molecule has 3 aromatic rings. The van der Waals surface area contributed by atoms with Gasteiger partial charge in [-0.15, -0.1) is 13.2 Å². The van der Waals surface area contributed by atoms with E-state index in [1.165, 1.54) is 44.6 Å². The molecule has 1 heterocycles. The van der Waals surface area contributed by atoms with Crippen molar-refractivity contribution < 1.29 is 31.1 Å². The van der Waals surface area contributed by atoms with Crippen LogP contribution in [0.2, 0.25) is 0 Å². The molecule has 2 aliphatic rings. The highest BCUT2D eigenvalue weighted by Crippen LogP contribution is 2.44. The van der Waals surface area contributed by atoms with Crippen molar-refractivity contribution in [2.75, 3.05) is 0 Å². The van der Waals surface area contributed by atoms with E-state index in [0.29, 0.717) is 16.9 Å². The van der Waals surface area contributed by atoms with Crippen LogP contribution in [-0.2, 0) is 0 Å². The molecule has 188 valence electrons. The molecule has 1 fully saturated rings. The Hall–Kier alpha value is -2.57. The maximum absolute atomic E-state index is 15.5. The van der Waals surface area contributed by atoms with E-state index in [-0.39, 0.29) is 11.0 Å². The quantitative estimate of drug-likeness (QED) is 0.331. The summed E-state index contributed by atoms with van der Waals surface area (Å²) >= 11 is 0. The molecule has 7 heteroatoms. The lowest BCUT2D eigenvalue weighted by Gasteiger charge is -2.35. The van der Waals surface area contributed by atoms with E-state index in [9.17, 15) is 17.6 Å². The zero-order valence-corrected chi connectivity index (χ0v) is 19.7. The number of halogens is 5. The second-order valence-electron chi connectivity index (χ2n) is 10.0. The molecule has 1 unspecified atom stereocenters. The normalized spacial score (nSPS) is 23.6. The Bertz CT molecular complexity index is 1250. The van der Waals surface area contributed by atoms with Gasteiger partial charge in [0.2, 0.25) is 5.82 Å². The van der Waals surface area contributed by atoms with Crippen molar-refractivity contribution in [1.82, 2.24) is 0 Å². The molecule has 0 radical (unpaired) electrons. The summed E-state index contributed by atoms with van der Waals surface area (Å²) in [6, 6.07) is 5.44. The zero-order chi connectivity index (χ0) is 24.7. The van der Waals surface area contributed by atoms with Gasteiger partial charge in [-0.25, -0.2) is 4.39 Å². The number of benzene rings is 2. The summed E-state index contributed by atoms with van der Waals surface area (Å²) < 4.78 is 77.0. The van der Waals surface area contributed by atoms with Crippen LogP contribution in [-0.4, -0.2) is 6.36 Å². The first kappa shape index (κ1) is 24.1. The maximum atomic E-state index is 15.5. The van der Waals surface area contributed by atoms with E-state index >= 15 is 4.39 Å². The zero-order valence-electron chi connectivity index (χ0n) is 19.7. The van der Waals surface area contributed by atoms with Crippen LogP contribution in [0.5, 0.6) is 5.75 Å². The largest absolute Gasteiger partial charge is 0.573 e. The fraction of sp³-hybridized carbons (Fsp3) is 0.500. The average Bonchev–Trinajstić information content (AvgIpc) is 3.22. The highest BCUT2D eigenvalue weighted by atomic mass is 19.4. The number of alkyl halides is 3. The van der Waals surface area contributed by atoms with E-state index in [1.807, 2.05) is 0 Å². The maximum Gasteiger partial charge on any atom is 0.573 e. The van der Waals surface area contributed by atoms with Gasteiger partial charge in [0.1, 0.15) is 0 Å². The van der Waals surface area contributed by atoms with E-state index in [0.717, 1.165) is 42.7 Å². The standard InChI is InChI=1S/C28H29F5O2/c1-2-3-16-4-6-17(7-5-16)18-8-10-19(11-9-18)20-12-13-21-22-14-15-23(35-28(31,32)33)25(30)27(22)34-26(21)24(20)29/h10,12-18H,2-9,11H2,1H3. The molecule has 2 aromatic carbocycles. The first-order chi connectivity index (χ1) is 16.7. The van der Waals surface area contributed by atoms with Crippen LogP contribution < -0.4 is 4.74 Å². The minimum atomic E-state index is -5.04. The van der Waals surface area contributed by atoms with Gasteiger partial charge < -0.3 is 9.15 Å². The molecular weight excluding hydrogens is 463 g/mol. The smallest absolute Gasteiger partial charge is 0.450 e. The van der Waals surface area contributed by atoms with Crippen molar-refractivity contribution in [1.29, 1.82) is 0 Å². The number of hydrogen-bond acceptors (Lipinski definition) is 2. The minimum absolute atomic E-state index is 0.155. The Morgan fingerprint density at radius 3 is 2.20 bits per heavy atom. The fourth-order valence-electron chi connectivity index (χ4n) is 6.16. The molecule has 2 aliphatic carbocycles. The topological polar surface area (TPSA) is 22.4 Å². The molecule has 1 atom stereocenters. The molecular formula is C28H29F5O2. The number of hydrogen-bond donors (Lipinski definition) is 0. The summed E-state index contributed by atoms with van der Waals surface area (Å²) in [7, 11) is 0. The summed E-state index contributed by atoms with van der Waals surface area (Å²) in [6.07, 6.45) is 7.54. The van der Waals surface area contributed by atoms with Crippen molar-refractivity contribution in [3.05, 3.63) is 47.5 Å². The summed E-state index contributed by atoms with van der Waals surface area (Å²) in [5.41, 5.74) is 0.711. The monoisotopic (exact) mass is 492 g/mol. The Labute approximate surface area is 201 Å². The number of furan rings is 1. The first-order valence-corrected chi connectivity index (χ1v) is 12.5. The Morgan fingerprint density at radius 1 is 0.886 bits per heavy atom. The number of fused-ring (bicyclic) bond motifs is 3. The predicted octanol–water partition coefficient (Wildman–Crippen LogP) is 9.55. The van der Waals surface area contributed by atoms with Crippen LogP contribution in [0.15, 0.2) is 34.8 Å². The summed E-state index contributed by atoms with van der Waals surface area (Å²) in [5.74, 6) is -0.683. The third-order valence-corrected chi connectivity index (χ3v) is 7.93. The number of ether oxygens (including phenoxy) is 1. The lowest BCUT2D eigenvalue weighted by Crippen LogP contribution is -2.23. The van der Waals surface area contributed by atoms with Crippen molar-refractivity contribution in [2.24, 2.45) is 17.8 Å². The molecule has 0 N–H and O–H groups in total. The lowest BCUT2D eigenvalue weighted by molar-refractivity contribution is -0.275. The van der Waals surface area contributed by atoms with Crippen LogP contribution >= 0.6 is 0 Å². The van der Waals surface area contributed by atoms with E-state index in [1.54, 1.807) is 12.1 Å². The molecule has 0 amide bonds. The van der Waals surface area contributed by atoms with Gasteiger partial charge in [-0.05, 0) is 73.6 Å². The third-order valence-electron chi connectivity index (χ3n) is 7.93. The molecule has 1 saturated carbocycles. The Balaban J connectivity index is 1.38. The highest BCUT2D eigenvalue weighted by molar-refractivity contribution is 6.06. The summed E-state index contributed by atoms with van der Waals surface area (Å²) in [6.45, 7) is 2.25. The SMILES string of the molecule is CCCC1CCC(C2CC=C(c3ccc4c(oc5c(F)c(OC(F)(F)F)ccc54)c3F)CC2)CC1. The molecule has 0 saturated heterocycles. The molecule has 35 heavy (non-hydrogen) atoms. The minimum Gasteiger partial charge on any atom is -0.450 e. The second kappa shape index (κ2) is 9.47. The molecule has 0 aliphatic heterocycles. The van der Waals surface area contributed by atoms with Gasteiger partial charge in [0.15, 0.2) is 22.7 Å². The Kier molecular flexibility index (Phi) is 6.53. The van der Waals surface area contributed by atoms with Gasteiger partial charge in [-0.3, -0.25) is 0 Å². The van der Waals surface area contributed by atoms with Crippen LogP contribution in [0.3, 0.4) is 0 Å². The fourth-order valence-corrected chi connectivity index (χ4v) is 6.16. The van der Waals surface area contributed by atoms with Crippen molar-refractivity contribution >= 4 is 27.5 Å². The average molecular weight is 493 g/mol. The molecule has 5 rings (SSSR count). The van der Waals surface area contributed by atoms with Gasteiger partial charge >= 0.3 is 6.36 Å². The van der Waals surface area contributed by atoms with Crippen molar-refractivity contribution in [3.8, 4) is 5.75 Å². The van der Waals surface area contributed by atoms with Gasteiger partial charge in [0, 0.05) is 16.3 Å². The third kappa shape index (κ3) is 4.78. The Morgan fingerprint density at radius 2 is 1.57 bits per heavy atom. The van der Waals surface area contributed by atoms with Crippen molar-refractivity contribution in [2.45, 2.75) is 71.1 Å². The molecule has 2 nitrogen and oxygen atoms in total. The van der Waals surface area contributed by atoms with Gasteiger partial charge in [0.05, 0.1) is 0 Å². The van der Waals surface area contributed by atoms with E-state index in [4.69, 9.17) is 4.42 Å². The van der Waals surface area contributed by atoms with Crippen molar-refractivity contribution in [3.63, 3.8) is 0 Å².